The van der Waals surface area contributed by atoms with Crippen LogP contribution in [0.3, 0.4) is 0 Å². The summed E-state index contributed by atoms with van der Waals surface area (Å²) in [5, 5.41) is 0. The van der Waals surface area contributed by atoms with E-state index in [-0.39, 0.29) is 6.61 Å². The minimum absolute atomic E-state index is 0.218. The standard InChI is InChI=1S/C20H26N2O4/c1-5-9-17-14-21(12-13-22(17)19(24)26-20(2,3)4)18(23)25-15-16-10-7-6-8-11-16/h6-8,10-11,17H,12-15H2,1-4H3/t17-/m0/s1. The molecule has 0 bridgehead atoms. The topological polar surface area (TPSA) is 59.1 Å². The first-order chi connectivity index (χ1) is 12.3. The van der Waals surface area contributed by atoms with Gasteiger partial charge >= 0.3 is 12.2 Å². The van der Waals surface area contributed by atoms with Crippen LogP contribution in [0.4, 0.5) is 9.59 Å². The Morgan fingerprint density at radius 1 is 1.15 bits per heavy atom. The highest BCUT2D eigenvalue weighted by Crippen LogP contribution is 2.16. The molecule has 0 spiro atoms. The zero-order valence-electron chi connectivity index (χ0n) is 15.8. The maximum Gasteiger partial charge on any atom is 0.411 e. The van der Waals surface area contributed by atoms with Crippen LogP contribution >= 0.6 is 0 Å². The summed E-state index contributed by atoms with van der Waals surface area (Å²) in [6.45, 7) is 8.43. The van der Waals surface area contributed by atoms with Crippen LogP contribution in [-0.4, -0.2) is 53.3 Å². The van der Waals surface area contributed by atoms with E-state index in [2.05, 4.69) is 11.8 Å². The van der Waals surface area contributed by atoms with Gasteiger partial charge in [0.1, 0.15) is 18.2 Å². The lowest BCUT2D eigenvalue weighted by atomic mass is 10.1. The lowest BCUT2D eigenvalue weighted by molar-refractivity contribution is 0.00470. The predicted octanol–water partition coefficient (Wildman–Crippen LogP) is 3.27. The number of nitrogens with zero attached hydrogens (tertiary/aromatic N) is 2. The van der Waals surface area contributed by atoms with Crippen molar-refractivity contribution < 1.29 is 19.1 Å². The number of benzene rings is 1. The number of hydrogen-bond donors (Lipinski definition) is 0. The minimum atomic E-state index is -0.576. The quantitative estimate of drug-likeness (QED) is 0.762. The second kappa shape index (κ2) is 8.61. The molecule has 0 radical (unpaired) electrons. The third kappa shape index (κ3) is 5.69. The molecule has 1 aromatic carbocycles. The van der Waals surface area contributed by atoms with Crippen molar-refractivity contribution >= 4 is 12.2 Å². The van der Waals surface area contributed by atoms with Gasteiger partial charge in [-0.1, -0.05) is 36.3 Å². The average Bonchev–Trinajstić information content (AvgIpc) is 2.59. The van der Waals surface area contributed by atoms with Crippen molar-refractivity contribution in [1.82, 2.24) is 9.80 Å². The van der Waals surface area contributed by atoms with Crippen molar-refractivity contribution in [3.05, 3.63) is 35.9 Å². The van der Waals surface area contributed by atoms with Crippen LogP contribution in [0.5, 0.6) is 0 Å². The minimum Gasteiger partial charge on any atom is -0.445 e. The fourth-order valence-corrected chi connectivity index (χ4v) is 2.59. The molecule has 6 nitrogen and oxygen atoms in total. The molecular weight excluding hydrogens is 332 g/mol. The smallest absolute Gasteiger partial charge is 0.411 e. The Morgan fingerprint density at radius 2 is 1.85 bits per heavy atom. The Bertz CT molecular complexity index is 685. The molecule has 0 N–H and O–H groups in total. The van der Waals surface area contributed by atoms with Crippen LogP contribution in [0, 0.1) is 11.8 Å². The number of amides is 2. The van der Waals surface area contributed by atoms with Crippen molar-refractivity contribution in [2.75, 3.05) is 19.6 Å². The fourth-order valence-electron chi connectivity index (χ4n) is 2.59. The Kier molecular flexibility index (Phi) is 6.51. The molecule has 1 fully saturated rings. The number of ether oxygens (including phenoxy) is 2. The van der Waals surface area contributed by atoms with E-state index < -0.39 is 23.8 Å². The summed E-state index contributed by atoms with van der Waals surface area (Å²) in [4.78, 5) is 27.9. The normalized spacial score (nSPS) is 17.2. The summed E-state index contributed by atoms with van der Waals surface area (Å²) in [5.41, 5.74) is 0.352. The lowest BCUT2D eigenvalue weighted by Crippen LogP contribution is -2.57. The summed E-state index contributed by atoms with van der Waals surface area (Å²) in [7, 11) is 0. The number of carbonyl (C=O) groups excluding carboxylic acids is 2. The Morgan fingerprint density at radius 3 is 2.46 bits per heavy atom. The van der Waals surface area contributed by atoms with Crippen LogP contribution in [0.1, 0.15) is 33.3 Å². The molecule has 1 aromatic rings. The maximum absolute atomic E-state index is 12.4. The molecule has 1 saturated heterocycles. The van der Waals surface area contributed by atoms with Crippen molar-refractivity contribution in [3.63, 3.8) is 0 Å². The summed E-state index contributed by atoms with van der Waals surface area (Å²) in [6, 6.07) is 9.10. The third-order valence-corrected chi connectivity index (χ3v) is 3.78. The Balaban J connectivity index is 1.96. The van der Waals surface area contributed by atoms with Gasteiger partial charge in [0.25, 0.3) is 0 Å². The Labute approximate surface area is 155 Å². The van der Waals surface area contributed by atoms with E-state index in [0.29, 0.717) is 19.6 Å². The fraction of sp³-hybridized carbons (Fsp3) is 0.500. The van der Waals surface area contributed by atoms with Crippen molar-refractivity contribution in [1.29, 1.82) is 0 Å². The van der Waals surface area contributed by atoms with Gasteiger partial charge in [-0.25, -0.2) is 9.59 Å². The van der Waals surface area contributed by atoms with Crippen molar-refractivity contribution in [2.24, 2.45) is 0 Å². The summed E-state index contributed by atoms with van der Waals surface area (Å²) in [5.74, 6) is 5.81. The zero-order chi connectivity index (χ0) is 19.2. The summed E-state index contributed by atoms with van der Waals surface area (Å²) < 4.78 is 10.8. The molecule has 1 aliphatic rings. The molecular formula is C20H26N2O4. The lowest BCUT2D eigenvalue weighted by Gasteiger charge is -2.39. The largest absolute Gasteiger partial charge is 0.445 e. The highest BCUT2D eigenvalue weighted by atomic mass is 16.6. The summed E-state index contributed by atoms with van der Waals surface area (Å²) in [6.07, 6.45) is -0.817. The molecule has 140 valence electrons. The molecule has 6 heteroatoms. The van der Waals surface area contributed by atoms with Gasteiger partial charge in [-0.2, -0.15) is 0 Å². The molecule has 2 amide bonds. The Hall–Kier alpha value is -2.68. The van der Waals surface area contributed by atoms with E-state index in [4.69, 9.17) is 9.47 Å². The van der Waals surface area contributed by atoms with Gasteiger partial charge in [0.05, 0.1) is 6.54 Å². The van der Waals surface area contributed by atoms with E-state index in [9.17, 15) is 9.59 Å². The van der Waals surface area contributed by atoms with Gasteiger partial charge in [-0.05, 0) is 33.3 Å². The number of rotatable bonds is 2. The van der Waals surface area contributed by atoms with E-state index in [1.165, 1.54) is 0 Å². The first-order valence-electron chi connectivity index (χ1n) is 8.67. The van der Waals surface area contributed by atoms with Crippen LogP contribution in [0.2, 0.25) is 0 Å². The van der Waals surface area contributed by atoms with Crippen LogP contribution in [0.15, 0.2) is 30.3 Å². The van der Waals surface area contributed by atoms with E-state index in [1.54, 1.807) is 16.7 Å². The maximum atomic E-state index is 12.4. The zero-order valence-corrected chi connectivity index (χ0v) is 15.8. The van der Waals surface area contributed by atoms with E-state index >= 15 is 0 Å². The van der Waals surface area contributed by atoms with Gasteiger partial charge in [0.2, 0.25) is 0 Å². The first-order valence-corrected chi connectivity index (χ1v) is 8.67. The van der Waals surface area contributed by atoms with E-state index in [1.807, 2.05) is 51.1 Å². The molecule has 26 heavy (non-hydrogen) atoms. The van der Waals surface area contributed by atoms with Crippen LogP contribution in [0.25, 0.3) is 0 Å². The second-order valence-electron chi connectivity index (χ2n) is 7.07. The second-order valence-corrected chi connectivity index (χ2v) is 7.07. The molecule has 0 aromatic heterocycles. The molecule has 0 saturated carbocycles. The average molecular weight is 358 g/mol. The first kappa shape index (κ1) is 19.6. The number of piperazine rings is 1. The number of carbonyl (C=O) groups is 2. The van der Waals surface area contributed by atoms with Gasteiger partial charge < -0.3 is 14.4 Å². The highest BCUT2D eigenvalue weighted by molar-refractivity contribution is 5.71. The molecule has 2 rings (SSSR count). The van der Waals surface area contributed by atoms with Crippen molar-refractivity contribution in [2.45, 2.75) is 45.9 Å². The molecule has 1 aliphatic heterocycles. The number of hydrogen-bond acceptors (Lipinski definition) is 4. The van der Waals surface area contributed by atoms with Gasteiger partial charge in [0, 0.05) is 13.1 Å². The highest BCUT2D eigenvalue weighted by Gasteiger charge is 2.34. The van der Waals surface area contributed by atoms with E-state index in [0.717, 1.165) is 5.56 Å². The molecule has 0 aliphatic carbocycles. The SMILES string of the molecule is CC#C[C@H]1CN(C(=O)OCc2ccccc2)CCN1C(=O)OC(C)(C)C. The van der Waals surface area contributed by atoms with Gasteiger partial charge in [-0.15, -0.1) is 5.92 Å². The van der Waals surface area contributed by atoms with Crippen molar-refractivity contribution in [3.8, 4) is 11.8 Å². The monoisotopic (exact) mass is 358 g/mol. The third-order valence-electron chi connectivity index (χ3n) is 3.78. The van der Waals surface area contributed by atoms with Gasteiger partial charge in [-0.3, -0.25) is 4.90 Å². The molecule has 1 heterocycles. The summed E-state index contributed by atoms with van der Waals surface area (Å²) >= 11 is 0. The predicted molar refractivity (Wildman–Crippen MR) is 98.4 cm³/mol. The van der Waals surface area contributed by atoms with Crippen LogP contribution < -0.4 is 0 Å². The molecule has 0 unspecified atom stereocenters. The molecule has 1 atom stereocenters. The van der Waals surface area contributed by atoms with Crippen LogP contribution in [-0.2, 0) is 16.1 Å². The van der Waals surface area contributed by atoms with Gasteiger partial charge in [0.15, 0.2) is 0 Å².